The number of aliphatic hydroxyl groups is 1. The van der Waals surface area contributed by atoms with Crippen LogP contribution in [0.5, 0.6) is 0 Å². The summed E-state index contributed by atoms with van der Waals surface area (Å²) in [7, 11) is 0. The van der Waals surface area contributed by atoms with E-state index in [0.717, 1.165) is 16.8 Å². The topological polar surface area (TPSA) is 23.5 Å². The van der Waals surface area contributed by atoms with Gasteiger partial charge >= 0.3 is 0 Å². The van der Waals surface area contributed by atoms with Crippen molar-refractivity contribution >= 4 is 11.8 Å². The number of benzene rings is 2. The van der Waals surface area contributed by atoms with Crippen LogP contribution in [-0.4, -0.2) is 17.7 Å². The second kappa shape index (κ2) is 5.98. The van der Waals surface area contributed by atoms with E-state index in [4.69, 9.17) is 0 Å². The zero-order valence-corrected chi connectivity index (χ0v) is 11.9. The van der Waals surface area contributed by atoms with E-state index in [9.17, 15) is 5.11 Å². The molecule has 0 aromatic heterocycles. The van der Waals surface area contributed by atoms with Crippen molar-refractivity contribution < 1.29 is 5.11 Å². The van der Waals surface area contributed by atoms with Crippen molar-refractivity contribution in [3.63, 3.8) is 0 Å². The molecule has 0 amide bonds. The monoisotopic (exact) mass is 277 g/mol. The Balaban J connectivity index is 1.97. The Morgan fingerprint density at radius 1 is 1.05 bits per heavy atom. The molecule has 0 unspecified atom stereocenters. The summed E-state index contributed by atoms with van der Waals surface area (Å²) in [6, 6.07) is 18.1. The highest BCUT2D eigenvalue weighted by molar-refractivity contribution is 5.62. The van der Waals surface area contributed by atoms with Crippen LogP contribution in [-0.2, 0) is 0 Å². The summed E-state index contributed by atoms with van der Waals surface area (Å²) in [4.78, 5) is 2.17. The third kappa shape index (κ3) is 2.63. The molecule has 3 rings (SSSR count). The number of rotatable bonds is 4. The van der Waals surface area contributed by atoms with Crippen molar-refractivity contribution in [2.24, 2.45) is 0 Å². The summed E-state index contributed by atoms with van der Waals surface area (Å²) < 4.78 is 0. The fourth-order valence-corrected chi connectivity index (χ4v) is 2.86. The number of fused-ring (bicyclic) bond motifs is 1. The molecule has 0 aliphatic heterocycles. The Bertz CT molecular complexity index is 648. The van der Waals surface area contributed by atoms with Crippen LogP contribution in [0.1, 0.15) is 17.2 Å². The molecule has 2 aromatic carbocycles. The average Bonchev–Trinajstić information content (AvgIpc) is 2.55. The summed E-state index contributed by atoms with van der Waals surface area (Å²) in [5, 5.41) is 10.8. The molecule has 1 N–H and O–H groups in total. The van der Waals surface area contributed by atoms with Crippen LogP contribution in [0.3, 0.4) is 0 Å². The summed E-state index contributed by atoms with van der Waals surface area (Å²) >= 11 is 0. The molecule has 0 radical (unpaired) electrons. The first kappa shape index (κ1) is 13.7. The molecule has 1 aliphatic rings. The van der Waals surface area contributed by atoms with Crippen LogP contribution >= 0.6 is 0 Å². The highest BCUT2D eigenvalue weighted by atomic mass is 16.3. The quantitative estimate of drug-likeness (QED) is 0.859. The minimum Gasteiger partial charge on any atom is -0.386 e. The maximum atomic E-state index is 10.8. The molecule has 0 fully saturated rings. The molecule has 0 saturated carbocycles. The first-order chi connectivity index (χ1) is 10.3. The minimum atomic E-state index is -0.536. The van der Waals surface area contributed by atoms with Crippen molar-refractivity contribution in [3.05, 3.63) is 84.5 Å². The SMILES string of the molecule is C=CCN(c1ccccc1)[C@H]1C=Cc2ccccc2[C@@H]1O. The van der Waals surface area contributed by atoms with E-state index in [1.165, 1.54) is 0 Å². The van der Waals surface area contributed by atoms with Gasteiger partial charge in [-0.2, -0.15) is 0 Å². The Kier molecular flexibility index (Phi) is 3.89. The van der Waals surface area contributed by atoms with Crippen LogP contribution in [0, 0.1) is 0 Å². The standard InChI is InChI=1S/C19H19NO/c1-2-14-20(16-9-4-3-5-10-16)18-13-12-15-8-6-7-11-17(15)19(18)21/h2-13,18-19,21H,1,14H2/t18-,19-/m0/s1. The molecule has 106 valence electrons. The lowest BCUT2D eigenvalue weighted by Gasteiger charge is -2.36. The molecular weight excluding hydrogens is 258 g/mol. The Labute approximate surface area is 125 Å². The van der Waals surface area contributed by atoms with Crippen molar-refractivity contribution in [1.82, 2.24) is 0 Å². The molecule has 0 bridgehead atoms. The van der Waals surface area contributed by atoms with Gasteiger partial charge in [0.15, 0.2) is 0 Å². The molecule has 2 heteroatoms. The number of hydrogen-bond donors (Lipinski definition) is 1. The van der Waals surface area contributed by atoms with Crippen LogP contribution in [0.4, 0.5) is 5.69 Å². The van der Waals surface area contributed by atoms with Crippen molar-refractivity contribution in [1.29, 1.82) is 0 Å². The second-order valence-corrected chi connectivity index (χ2v) is 5.20. The van der Waals surface area contributed by atoms with Crippen molar-refractivity contribution in [2.45, 2.75) is 12.1 Å². The van der Waals surface area contributed by atoms with Gasteiger partial charge in [-0.25, -0.2) is 0 Å². The van der Waals surface area contributed by atoms with Crippen molar-refractivity contribution in [3.8, 4) is 0 Å². The van der Waals surface area contributed by atoms with Crippen LogP contribution in [0.2, 0.25) is 0 Å². The molecule has 2 nitrogen and oxygen atoms in total. The highest BCUT2D eigenvalue weighted by Gasteiger charge is 2.28. The van der Waals surface area contributed by atoms with Crippen LogP contribution in [0.25, 0.3) is 6.08 Å². The van der Waals surface area contributed by atoms with Gasteiger partial charge in [-0.3, -0.25) is 0 Å². The second-order valence-electron chi connectivity index (χ2n) is 5.20. The summed E-state index contributed by atoms with van der Waals surface area (Å²) in [5.74, 6) is 0. The summed E-state index contributed by atoms with van der Waals surface area (Å²) in [6.45, 7) is 4.54. The molecule has 21 heavy (non-hydrogen) atoms. The molecule has 0 saturated heterocycles. The lowest BCUT2D eigenvalue weighted by Crippen LogP contribution is -2.40. The largest absolute Gasteiger partial charge is 0.386 e. The van der Waals surface area contributed by atoms with Crippen molar-refractivity contribution in [2.75, 3.05) is 11.4 Å². The maximum Gasteiger partial charge on any atom is 0.103 e. The lowest BCUT2D eigenvalue weighted by molar-refractivity contribution is 0.158. The van der Waals surface area contributed by atoms with Gasteiger partial charge in [0.2, 0.25) is 0 Å². The Morgan fingerprint density at radius 3 is 2.52 bits per heavy atom. The Morgan fingerprint density at radius 2 is 1.76 bits per heavy atom. The minimum absolute atomic E-state index is 0.0831. The highest BCUT2D eigenvalue weighted by Crippen LogP contribution is 2.33. The molecule has 0 spiro atoms. The van der Waals surface area contributed by atoms with Crippen LogP contribution < -0.4 is 4.90 Å². The predicted molar refractivity (Wildman–Crippen MR) is 88.2 cm³/mol. The van der Waals surface area contributed by atoms with Gasteiger partial charge in [-0.05, 0) is 23.3 Å². The maximum absolute atomic E-state index is 10.8. The van der Waals surface area contributed by atoms with E-state index in [2.05, 4.69) is 35.8 Å². The summed E-state index contributed by atoms with van der Waals surface area (Å²) in [6.07, 6.45) is 5.50. The molecule has 2 atom stereocenters. The first-order valence-electron chi connectivity index (χ1n) is 7.19. The van der Waals surface area contributed by atoms with E-state index in [-0.39, 0.29) is 6.04 Å². The van der Waals surface area contributed by atoms with Gasteiger partial charge in [0.1, 0.15) is 6.10 Å². The third-order valence-corrected chi connectivity index (χ3v) is 3.88. The molecule has 2 aromatic rings. The van der Waals surface area contributed by atoms with Gasteiger partial charge < -0.3 is 10.0 Å². The summed E-state index contributed by atoms with van der Waals surface area (Å²) in [5.41, 5.74) is 3.16. The normalized spacial score (nSPS) is 19.9. The Hall–Kier alpha value is -2.32. The van der Waals surface area contributed by atoms with E-state index in [1.54, 1.807) is 0 Å². The fourth-order valence-electron chi connectivity index (χ4n) is 2.86. The number of aliphatic hydroxyl groups excluding tert-OH is 1. The van der Waals surface area contributed by atoms with Gasteiger partial charge in [0.25, 0.3) is 0 Å². The van der Waals surface area contributed by atoms with E-state index < -0.39 is 6.10 Å². The molecular formula is C19H19NO. The number of nitrogens with zero attached hydrogens (tertiary/aromatic N) is 1. The zero-order valence-electron chi connectivity index (χ0n) is 11.9. The van der Waals surface area contributed by atoms with Gasteiger partial charge in [0, 0.05) is 12.2 Å². The van der Waals surface area contributed by atoms with E-state index >= 15 is 0 Å². The smallest absolute Gasteiger partial charge is 0.103 e. The molecule has 0 heterocycles. The zero-order chi connectivity index (χ0) is 14.7. The average molecular weight is 277 g/mol. The lowest BCUT2D eigenvalue weighted by atomic mass is 9.90. The third-order valence-electron chi connectivity index (χ3n) is 3.88. The number of hydrogen-bond acceptors (Lipinski definition) is 2. The first-order valence-corrected chi connectivity index (χ1v) is 7.19. The van der Waals surface area contributed by atoms with Gasteiger partial charge in [0.05, 0.1) is 6.04 Å². The van der Waals surface area contributed by atoms with Gasteiger partial charge in [-0.1, -0.05) is 60.7 Å². The van der Waals surface area contributed by atoms with Gasteiger partial charge in [-0.15, -0.1) is 6.58 Å². The number of anilines is 1. The predicted octanol–water partition coefficient (Wildman–Crippen LogP) is 3.81. The number of para-hydroxylation sites is 1. The van der Waals surface area contributed by atoms with E-state index in [0.29, 0.717) is 6.54 Å². The van der Waals surface area contributed by atoms with E-state index in [1.807, 2.05) is 48.5 Å². The fraction of sp³-hybridized carbons (Fsp3) is 0.158. The van der Waals surface area contributed by atoms with Crippen LogP contribution in [0.15, 0.2) is 73.3 Å². The molecule has 1 aliphatic carbocycles.